The van der Waals surface area contributed by atoms with Gasteiger partial charge in [0, 0.05) is 44.5 Å². The van der Waals surface area contributed by atoms with E-state index in [9.17, 15) is 4.79 Å². The van der Waals surface area contributed by atoms with Crippen LogP contribution in [0, 0.1) is 0 Å². The first-order chi connectivity index (χ1) is 10.7. The molecule has 1 aromatic heterocycles. The summed E-state index contributed by atoms with van der Waals surface area (Å²) in [5.74, 6) is 1.02. The van der Waals surface area contributed by atoms with Gasteiger partial charge in [0.1, 0.15) is 5.82 Å². The highest BCUT2D eigenvalue weighted by Gasteiger charge is 2.41. The van der Waals surface area contributed by atoms with Crippen molar-refractivity contribution >= 4 is 5.91 Å². The first-order valence-electron chi connectivity index (χ1n) is 8.25. The third-order valence-corrected chi connectivity index (χ3v) is 5.07. The largest absolute Gasteiger partial charge is 0.379 e. The van der Waals surface area contributed by atoms with Crippen molar-refractivity contribution in [3.8, 4) is 0 Å². The fourth-order valence-electron chi connectivity index (χ4n) is 3.78. The van der Waals surface area contributed by atoms with Crippen molar-refractivity contribution in [2.75, 3.05) is 26.3 Å². The Bertz CT molecular complexity index is 502. The first kappa shape index (κ1) is 15.5. The third kappa shape index (κ3) is 3.33. The van der Waals surface area contributed by atoms with Crippen LogP contribution < -0.4 is 5.32 Å². The summed E-state index contributed by atoms with van der Waals surface area (Å²) >= 11 is 0. The number of aryl methyl sites for hydroxylation is 1. The van der Waals surface area contributed by atoms with Crippen LogP contribution >= 0.6 is 0 Å². The zero-order valence-electron chi connectivity index (χ0n) is 13.4. The van der Waals surface area contributed by atoms with E-state index in [1.165, 1.54) is 12.8 Å². The van der Waals surface area contributed by atoms with Crippen LogP contribution in [0.4, 0.5) is 0 Å². The molecule has 1 saturated heterocycles. The minimum absolute atomic E-state index is 0.0511. The molecule has 0 atom stereocenters. The van der Waals surface area contributed by atoms with Gasteiger partial charge in [0.05, 0.1) is 19.8 Å². The molecule has 0 spiro atoms. The summed E-state index contributed by atoms with van der Waals surface area (Å²) < 4.78 is 7.40. The zero-order chi connectivity index (χ0) is 15.4. The lowest BCUT2D eigenvalue weighted by Gasteiger charge is -2.43. The summed E-state index contributed by atoms with van der Waals surface area (Å²) in [7, 11) is 1.95. The van der Waals surface area contributed by atoms with E-state index in [-0.39, 0.29) is 11.4 Å². The average molecular weight is 306 g/mol. The van der Waals surface area contributed by atoms with Crippen molar-refractivity contribution in [3.63, 3.8) is 0 Å². The lowest BCUT2D eigenvalue weighted by atomic mass is 9.90. The van der Waals surface area contributed by atoms with E-state index < -0.39 is 0 Å². The molecule has 0 aromatic carbocycles. The normalized spacial score (nSPS) is 21.9. The minimum atomic E-state index is 0.0511. The second-order valence-electron chi connectivity index (χ2n) is 6.44. The van der Waals surface area contributed by atoms with Crippen molar-refractivity contribution in [1.29, 1.82) is 0 Å². The Morgan fingerprint density at radius 2 is 2.09 bits per heavy atom. The molecule has 1 N–H and O–H groups in total. The summed E-state index contributed by atoms with van der Waals surface area (Å²) in [4.78, 5) is 19.2. The number of hydrogen-bond acceptors (Lipinski definition) is 4. The number of nitrogens with zero attached hydrogens (tertiary/aromatic N) is 3. The molecule has 0 radical (unpaired) electrons. The van der Waals surface area contributed by atoms with E-state index in [0.29, 0.717) is 13.0 Å². The molecule has 2 heterocycles. The smallest absolute Gasteiger partial charge is 0.222 e. The molecule has 0 unspecified atom stereocenters. The molecule has 1 amide bonds. The van der Waals surface area contributed by atoms with E-state index in [1.54, 1.807) is 6.20 Å². The number of carbonyl (C=O) groups is 1. The van der Waals surface area contributed by atoms with Gasteiger partial charge in [0.2, 0.25) is 5.91 Å². The number of ether oxygens (including phenoxy) is 1. The van der Waals surface area contributed by atoms with Gasteiger partial charge in [-0.1, -0.05) is 12.8 Å². The second-order valence-corrected chi connectivity index (χ2v) is 6.44. The quantitative estimate of drug-likeness (QED) is 0.884. The van der Waals surface area contributed by atoms with E-state index in [2.05, 4.69) is 15.2 Å². The topological polar surface area (TPSA) is 59.4 Å². The molecule has 1 saturated carbocycles. The predicted octanol–water partition coefficient (Wildman–Crippen LogP) is 1.07. The number of hydrogen-bond donors (Lipinski definition) is 1. The van der Waals surface area contributed by atoms with Gasteiger partial charge < -0.3 is 14.6 Å². The Balaban J connectivity index is 1.58. The summed E-state index contributed by atoms with van der Waals surface area (Å²) in [5, 5.41) is 3.04. The van der Waals surface area contributed by atoms with Crippen LogP contribution in [0.15, 0.2) is 12.4 Å². The van der Waals surface area contributed by atoms with Crippen LogP contribution in [-0.2, 0) is 23.1 Å². The SMILES string of the molecule is Cn1ccnc1CNC(=O)CC1(N2CCOCC2)CCCC1. The Morgan fingerprint density at radius 1 is 1.36 bits per heavy atom. The predicted molar refractivity (Wildman–Crippen MR) is 83.3 cm³/mol. The molecule has 6 nitrogen and oxygen atoms in total. The van der Waals surface area contributed by atoms with Gasteiger partial charge in [-0.3, -0.25) is 9.69 Å². The highest BCUT2D eigenvalue weighted by atomic mass is 16.5. The molecule has 2 fully saturated rings. The second kappa shape index (κ2) is 6.79. The lowest BCUT2D eigenvalue weighted by Crippen LogP contribution is -2.54. The summed E-state index contributed by atoms with van der Waals surface area (Å²) in [6, 6.07) is 0. The van der Waals surface area contributed by atoms with Crippen LogP contribution in [0.3, 0.4) is 0 Å². The number of nitrogens with one attached hydrogen (secondary N) is 1. The highest BCUT2D eigenvalue weighted by molar-refractivity contribution is 5.77. The number of rotatable bonds is 5. The standard InChI is InChI=1S/C16H26N4O2/c1-19-7-6-17-14(19)13-18-15(21)12-16(4-2-3-5-16)20-8-10-22-11-9-20/h6-7H,2-5,8-13H2,1H3,(H,18,21). The molecule has 3 rings (SSSR count). The van der Waals surface area contributed by atoms with Crippen molar-refractivity contribution in [3.05, 3.63) is 18.2 Å². The van der Waals surface area contributed by atoms with E-state index >= 15 is 0 Å². The average Bonchev–Trinajstić information content (AvgIpc) is 3.16. The molecule has 0 bridgehead atoms. The van der Waals surface area contributed by atoms with Crippen molar-refractivity contribution in [2.45, 2.75) is 44.2 Å². The minimum Gasteiger partial charge on any atom is -0.379 e. The number of carbonyl (C=O) groups excluding carboxylic acids is 1. The molecular formula is C16H26N4O2. The van der Waals surface area contributed by atoms with Gasteiger partial charge in [0.25, 0.3) is 0 Å². The van der Waals surface area contributed by atoms with Crippen LogP contribution in [0.5, 0.6) is 0 Å². The molecule has 1 aromatic rings. The van der Waals surface area contributed by atoms with Crippen LogP contribution in [0.25, 0.3) is 0 Å². The fourth-order valence-corrected chi connectivity index (χ4v) is 3.78. The lowest BCUT2D eigenvalue weighted by molar-refractivity contribution is -0.125. The van der Waals surface area contributed by atoms with Gasteiger partial charge in [-0.2, -0.15) is 0 Å². The van der Waals surface area contributed by atoms with Gasteiger partial charge in [-0.15, -0.1) is 0 Å². The Labute approximate surface area is 131 Å². The van der Waals surface area contributed by atoms with Gasteiger partial charge in [-0.05, 0) is 12.8 Å². The van der Waals surface area contributed by atoms with Gasteiger partial charge in [0.15, 0.2) is 0 Å². The molecule has 2 aliphatic rings. The number of aromatic nitrogens is 2. The number of imidazole rings is 1. The number of morpholine rings is 1. The van der Waals surface area contributed by atoms with Gasteiger partial charge >= 0.3 is 0 Å². The van der Waals surface area contributed by atoms with E-state index in [1.807, 2.05) is 17.8 Å². The molecule has 1 aliphatic carbocycles. The van der Waals surface area contributed by atoms with Crippen molar-refractivity contribution in [1.82, 2.24) is 19.8 Å². The fraction of sp³-hybridized carbons (Fsp3) is 0.750. The summed E-state index contributed by atoms with van der Waals surface area (Å²) in [6.45, 7) is 3.98. The van der Waals surface area contributed by atoms with Gasteiger partial charge in [-0.25, -0.2) is 4.98 Å². The highest BCUT2D eigenvalue weighted by Crippen LogP contribution is 2.38. The molecular weight excluding hydrogens is 280 g/mol. The molecule has 6 heteroatoms. The zero-order valence-corrected chi connectivity index (χ0v) is 13.4. The van der Waals surface area contributed by atoms with Crippen LogP contribution in [-0.4, -0.2) is 52.2 Å². The van der Waals surface area contributed by atoms with Crippen LogP contribution in [0.2, 0.25) is 0 Å². The molecule has 122 valence electrons. The maximum atomic E-state index is 12.4. The van der Waals surface area contributed by atoms with Crippen LogP contribution in [0.1, 0.15) is 37.9 Å². The maximum absolute atomic E-state index is 12.4. The molecule has 1 aliphatic heterocycles. The summed E-state index contributed by atoms with van der Waals surface area (Å²) in [5.41, 5.74) is 0.0511. The van der Waals surface area contributed by atoms with E-state index in [0.717, 1.165) is 45.0 Å². The molecule has 22 heavy (non-hydrogen) atoms. The Kier molecular flexibility index (Phi) is 4.78. The van der Waals surface area contributed by atoms with E-state index in [4.69, 9.17) is 4.74 Å². The Morgan fingerprint density at radius 3 is 2.73 bits per heavy atom. The monoisotopic (exact) mass is 306 g/mol. The van der Waals surface area contributed by atoms with Crippen molar-refractivity contribution < 1.29 is 9.53 Å². The number of amides is 1. The Hall–Kier alpha value is -1.40. The third-order valence-electron chi connectivity index (χ3n) is 5.07. The first-order valence-corrected chi connectivity index (χ1v) is 8.25. The van der Waals surface area contributed by atoms with Crippen molar-refractivity contribution in [2.24, 2.45) is 7.05 Å². The maximum Gasteiger partial charge on any atom is 0.222 e. The summed E-state index contributed by atoms with van der Waals surface area (Å²) in [6.07, 6.45) is 8.96.